The fourth-order valence-electron chi connectivity index (χ4n) is 3.40. The van der Waals surface area contributed by atoms with E-state index < -0.39 is 0 Å². The van der Waals surface area contributed by atoms with Gasteiger partial charge >= 0.3 is 0 Å². The summed E-state index contributed by atoms with van der Waals surface area (Å²) in [5, 5.41) is 3.40. The number of benzene rings is 2. The molecule has 0 saturated carbocycles. The smallest absolute Gasteiger partial charge is 0.164 e. The average Bonchev–Trinajstić information content (AvgIpc) is 2.74. The summed E-state index contributed by atoms with van der Waals surface area (Å²) >= 11 is 0. The van der Waals surface area contributed by atoms with Crippen molar-refractivity contribution in [2.45, 2.75) is 12.6 Å². The van der Waals surface area contributed by atoms with E-state index in [9.17, 15) is 0 Å². The van der Waals surface area contributed by atoms with Crippen LogP contribution in [0.25, 0.3) is 0 Å². The third kappa shape index (κ3) is 4.62. The van der Waals surface area contributed by atoms with E-state index in [1.54, 1.807) is 14.2 Å². The molecule has 5 heteroatoms. The Kier molecular flexibility index (Phi) is 6.74. The monoisotopic (exact) mass is 368 g/mol. The molecule has 2 aromatic carbocycles. The number of hydrogen-bond acceptors (Lipinski definition) is 5. The number of piperazine rings is 1. The lowest BCUT2D eigenvalue weighted by Crippen LogP contribution is -2.44. The number of rotatable bonds is 8. The van der Waals surface area contributed by atoms with Gasteiger partial charge in [0.2, 0.25) is 0 Å². The van der Waals surface area contributed by atoms with Crippen molar-refractivity contribution in [3.05, 3.63) is 66.2 Å². The second-order valence-electron chi connectivity index (χ2n) is 6.49. The summed E-state index contributed by atoms with van der Waals surface area (Å²) in [5.41, 5.74) is 2.16. The molecule has 1 atom stereocenters. The van der Waals surface area contributed by atoms with Crippen molar-refractivity contribution >= 4 is 0 Å². The molecule has 5 nitrogen and oxygen atoms in total. The highest BCUT2D eigenvalue weighted by Crippen LogP contribution is 2.40. The molecule has 27 heavy (non-hydrogen) atoms. The average molecular weight is 368 g/mol. The highest BCUT2D eigenvalue weighted by atomic mass is 16.5. The largest absolute Gasteiger partial charge is 0.493 e. The summed E-state index contributed by atoms with van der Waals surface area (Å²) in [7, 11) is 3.29. The van der Waals surface area contributed by atoms with E-state index >= 15 is 0 Å². The highest BCUT2D eigenvalue weighted by molar-refractivity contribution is 5.52. The lowest BCUT2D eigenvalue weighted by atomic mass is 10.0. The third-order valence-corrected chi connectivity index (χ3v) is 4.84. The number of methoxy groups -OCH3 is 2. The Bertz CT molecular complexity index is 743. The van der Waals surface area contributed by atoms with Crippen molar-refractivity contribution in [2.75, 3.05) is 40.4 Å². The van der Waals surface area contributed by atoms with Crippen LogP contribution in [-0.4, -0.2) is 45.3 Å². The zero-order chi connectivity index (χ0) is 19.1. The van der Waals surface area contributed by atoms with Crippen molar-refractivity contribution in [3.63, 3.8) is 0 Å². The van der Waals surface area contributed by atoms with Crippen LogP contribution in [0.1, 0.15) is 17.2 Å². The summed E-state index contributed by atoms with van der Waals surface area (Å²) in [5.74, 6) is 2.15. The molecule has 1 fully saturated rings. The van der Waals surface area contributed by atoms with Crippen LogP contribution in [0.3, 0.4) is 0 Å². The van der Waals surface area contributed by atoms with Gasteiger partial charge in [-0.15, -0.1) is 6.58 Å². The van der Waals surface area contributed by atoms with Gasteiger partial charge in [0.25, 0.3) is 0 Å². The van der Waals surface area contributed by atoms with Gasteiger partial charge in [0.15, 0.2) is 11.5 Å². The summed E-state index contributed by atoms with van der Waals surface area (Å²) < 4.78 is 17.2. The zero-order valence-electron chi connectivity index (χ0n) is 16.1. The molecular weight excluding hydrogens is 340 g/mol. The van der Waals surface area contributed by atoms with E-state index in [1.165, 1.54) is 0 Å². The molecule has 1 heterocycles. The van der Waals surface area contributed by atoms with Crippen molar-refractivity contribution < 1.29 is 14.2 Å². The number of hydrogen-bond donors (Lipinski definition) is 1. The fourth-order valence-corrected chi connectivity index (χ4v) is 3.40. The van der Waals surface area contributed by atoms with Crippen molar-refractivity contribution in [1.82, 2.24) is 10.2 Å². The first-order valence-corrected chi connectivity index (χ1v) is 9.26. The summed E-state index contributed by atoms with van der Waals surface area (Å²) in [6, 6.07) is 14.1. The Balaban J connectivity index is 1.94. The van der Waals surface area contributed by atoms with E-state index in [0.717, 1.165) is 43.1 Å². The van der Waals surface area contributed by atoms with Crippen LogP contribution < -0.4 is 19.5 Å². The minimum atomic E-state index is 0.0534. The summed E-state index contributed by atoms with van der Waals surface area (Å²) in [4.78, 5) is 2.40. The van der Waals surface area contributed by atoms with Crippen LogP contribution >= 0.6 is 0 Å². The number of ether oxygens (including phenoxy) is 3. The molecule has 1 aliphatic rings. The quantitative estimate of drug-likeness (QED) is 0.724. The molecule has 1 saturated heterocycles. The Hall–Kier alpha value is -2.50. The predicted molar refractivity (Wildman–Crippen MR) is 108 cm³/mol. The van der Waals surface area contributed by atoms with Gasteiger partial charge in [-0.2, -0.15) is 0 Å². The van der Waals surface area contributed by atoms with Crippen molar-refractivity contribution in [3.8, 4) is 17.2 Å². The van der Waals surface area contributed by atoms with E-state index in [0.29, 0.717) is 18.1 Å². The highest BCUT2D eigenvalue weighted by Gasteiger charge is 2.24. The van der Waals surface area contributed by atoms with Crippen molar-refractivity contribution in [1.29, 1.82) is 0 Å². The van der Waals surface area contributed by atoms with Crippen LogP contribution in [0.15, 0.2) is 55.1 Å². The van der Waals surface area contributed by atoms with Gasteiger partial charge in [-0.3, -0.25) is 4.90 Å². The first-order chi connectivity index (χ1) is 13.3. The third-order valence-electron chi connectivity index (χ3n) is 4.84. The van der Waals surface area contributed by atoms with Crippen molar-refractivity contribution in [2.24, 2.45) is 0 Å². The maximum absolute atomic E-state index is 6.21. The Morgan fingerprint density at radius 3 is 2.33 bits per heavy atom. The molecule has 0 bridgehead atoms. The van der Waals surface area contributed by atoms with E-state index in [1.807, 2.05) is 36.4 Å². The van der Waals surface area contributed by atoms with E-state index in [2.05, 4.69) is 28.9 Å². The predicted octanol–water partition coefficient (Wildman–Crippen LogP) is 3.42. The molecule has 0 aromatic heterocycles. The lowest BCUT2D eigenvalue weighted by Gasteiger charge is -2.34. The van der Waals surface area contributed by atoms with Crippen LogP contribution in [-0.2, 0) is 6.61 Å². The van der Waals surface area contributed by atoms with Gasteiger partial charge in [0.1, 0.15) is 12.4 Å². The van der Waals surface area contributed by atoms with E-state index in [4.69, 9.17) is 14.2 Å². The van der Waals surface area contributed by atoms with Gasteiger partial charge in [0.05, 0.1) is 20.3 Å². The second kappa shape index (κ2) is 9.44. The molecule has 2 aromatic rings. The van der Waals surface area contributed by atoms with Gasteiger partial charge in [0, 0.05) is 37.8 Å². The molecule has 3 rings (SSSR count). The first kappa shape index (κ1) is 19.3. The molecule has 144 valence electrons. The molecular formula is C22H28N2O3. The van der Waals surface area contributed by atoms with Gasteiger partial charge in [-0.05, 0) is 11.6 Å². The van der Waals surface area contributed by atoms with Gasteiger partial charge in [-0.25, -0.2) is 0 Å². The molecule has 0 radical (unpaired) electrons. The van der Waals surface area contributed by atoms with E-state index in [-0.39, 0.29) is 6.04 Å². The second-order valence-corrected chi connectivity index (χ2v) is 6.49. The van der Waals surface area contributed by atoms with Crippen LogP contribution in [0.5, 0.6) is 17.2 Å². The SMILES string of the molecule is C=C[C@@H](c1cc(OC)c(OC)cc1OCc1ccccc1)N1CCNCC1. The summed E-state index contributed by atoms with van der Waals surface area (Å²) in [6.07, 6.45) is 1.97. The minimum absolute atomic E-state index is 0.0534. The summed E-state index contributed by atoms with van der Waals surface area (Å²) in [6.45, 7) is 8.44. The van der Waals surface area contributed by atoms with Crippen LogP contribution in [0.4, 0.5) is 0 Å². The molecule has 0 aliphatic carbocycles. The molecule has 0 spiro atoms. The normalized spacial score (nSPS) is 15.8. The topological polar surface area (TPSA) is 43.0 Å². The minimum Gasteiger partial charge on any atom is -0.493 e. The fraction of sp³-hybridized carbons (Fsp3) is 0.364. The zero-order valence-corrected chi connectivity index (χ0v) is 16.1. The molecule has 0 amide bonds. The molecule has 0 unspecified atom stereocenters. The standard InChI is InChI=1S/C22H28N2O3/c1-4-19(24-12-10-23-11-13-24)18-14-21(25-2)22(26-3)15-20(18)27-16-17-8-6-5-7-9-17/h4-9,14-15,19,23H,1,10-13,16H2,2-3H3/t19-/m0/s1. The van der Waals surface area contributed by atoms with Crippen LogP contribution in [0, 0.1) is 0 Å². The number of nitrogens with one attached hydrogen (secondary N) is 1. The maximum atomic E-state index is 6.21. The molecule has 1 N–H and O–H groups in total. The van der Waals surface area contributed by atoms with Gasteiger partial charge < -0.3 is 19.5 Å². The Morgan fingerprint density at radius 1 is 1.04 bits per heavy atom. The van der Waals surface area contributed by atoms with Gasteiger partial charge in [-0.1, -0.05) is 36.4 Å². The maximum Gasteiger partial charge on any atom is 0.164 e. The molecule has 1 aliphatic heterocycles. The Labute approximate surface area is 161 Å². The Morgan fingerprint density at radius 2 is 1.70 bits per heavy atom. The lowest BCUT2D eigenvalue weighted by molar-refractivity contribution is 0.197. The van der Waals surface area contributed by atoms with Crippen LogP contribution in [0.2, 0.25) is 0 Å². The first-order valence-electron chi connectivity index (χ1n) is 9.26. The number of nitrogens with zero attached hydrogens (tertiary/aromatic N) is 1.